The third kappa shape index (κ3) is 3.43. The molecule has 1 aromatic rings. The molecule has 5 nitrogen and oxygen atoms in total. The monoisotopic (exact) mass is 269 g/mol. The Balaban J connectivity index is 1.88. The lowest BCUT2D eigenvalue weighted by Gasteiger charge is -2.33. The number of carboxylic acids is 1. The lowest BCUT2D eigenvalue weighted by Crippen LogP contribution is -2.46. The van der Waals surface area contributed by atoms with Crippen LogP contribution in [0.3, 0.4) is 0 Å². The molecule has 0 unspecified atom stereocenters. The molecule has 1 aliphatic heterocycles. The fourth-order valence-corrected chi connectivity index (χ4v) is 2.96. The summed E-state index contributed by atoms with van der Waals surface area (Å²) >= 11 is 1.62. The van der Waals surface area contributed by atoms with Crippen molar-refractivity contribution in [2.75, 3.05) is 37.6 Å². The van der Waals surface area contributed by atoms with Crippen molar-refractivity contribution in [3.63, 3.8) is 0 Å². The average Bonchev–Trinajstić information content (AvgIpc) is 2.85. The first-order valence-corrected chi connectivity index (χ1v) is 7.20. The van der Waals surface area contributed by atoms with Gasteiger partial charge in [0.15, 0.2) is 5.13 Å². The Morgan fingerprint density at radius 3 is 2.78 bits per heavy atom. The third-order valence-corrected chi connectivity index (χ3v) is 4.17. The number of nitrogens with zero attached hydrogens (tertiary/aromatic N) is 3. The molecule has 18 heavy (non-hydrogen) atoms. The summed E-state index contributed by atoms with van der Waals surface area (Å²) in [6, 6.07) is 0. The molecule has 6 heteroatoms. The lowest BCUT2D eigenvalue weighted by atomic mass is 10.2. The summed E-state index contributed by atoms with van der Waals surface area (Å²) in [5.41, 5.74) is 0.898. The minimum Gasteiger partial charge on any atom is -0.481 e. The van der Waals surface area contributed by atoms with Gasteiger partial charge in [0.25, 0.3) is 0 Å². The van der Waals surface area contributed by atoms with E-state index in [1.54, 1.807) is 11.3 Å². The fourth-order valence-electron chi connectivity index (χ4n) is 2.05. The zero-order valence-corrected chi connectivity index (χ0v) is 11.4. The van der Waals surface area contributed by atoms with Crippen molar-refractivity contribution < 1.29 is 9.90 Å². The first-order valence-electron chi connectivity index (χ1n) is 6.32. The van der Waals surface area contributed by atoms with Crippen molar-refractivity contribution in [3.05, 3.63) is 11.1 Å². The van der Waals surface area contributed by atoms with E-state index in [0.29, 0.717) is 6.42 Å². The highest BCUT2D eigenvalue weighted by Crippen LogP contribution is 2.22. The van der Waals surface area contributed by atoms with E-state index in [9.17, 15) is 4.79 Å². The highest BCUT2D eigenvalue weighted by molar-refractivity contribution is 7.13. The molecule has 1 saturated heterocycles. The summed E-state index contributed by atoms with van der Waals surface area (Å²) in [6.45, 7) is 7.49. The molecule has 2 rings (SSSR count). The van der Waals surface area contributed by atoms with Crippen LogP contribution in [0.1, 0.15) is 19.0 Å². The fraction of sp³-hybridized carbons (Fsp3) is 0.667. The minimum atomic E-state index is -0.763. The van der Waals surface area contributed by atoms with E-state index in [0.717, 1.165) is 43.5 Å². The predicted molar refractivity (Wildman–Crippen MR) is 72.4 cm³/mol. The summed E-state index contributed by atoms with van der Waals surface area (Å²) in [6.07, 6.45) is 0.688. The van der Waals surface area contributed by atoms with Gasteiger partial charge in [-0.2, -0.15) is 0 Å². The van der Waals surface area contributed by atoms with Gasteiger partial charge in [0, 0.05) is 38.0 Å². The number of aliphatic carboxylic acids is 1. The van der Waals surface area contributed by atoms with Gasteiger partial charge >= 0.3 is 5.97 Å². The zero-order chi connectivity index (χ0) is 13.0. The second-order valence-electron chi connectivity index (χ2n) is 4.44. The van der Waals surface area contributed by atoms with Crippen LogP contribution in [0.4, 0.5) is 5.13 Å². The molecule has 1 aromatic heterocycles. The smallest absolute Gasteiger partial charge is 0.303 e. The number of hydrogen-bond acceptors (Lipinski definition) is 5. The molecule has 0 aliphatic carbocycles. The Labute approximate surface area is 111 Å². The maximum absolute atomic E-state index is 10.5. The van der Waals surface area contributed by atoms with Crippen LogP contribution in [0.2, 0.25) is 0 Å². The molecule has 0 bridgehead atoms. The maximum atomic E-state index is 10.5. The number of piperazine rings is 1. The van der Waals surface area contributed by atoms with E-state index < -0.39 is 5.97 Å². The van der Waals surface area contributed by atoms with Crippen molar-refractivity contribution in [2.24, 2.45) is 0 Å². The average molecular weight is 269 g/mol. The van der Waals surface area contributed by atoms with Crippen molar-refractivity contribution in [2.45, 2.75) is 19.8 Å². The van der Waals surface area contributed by atoms with Crippen molar-refractivity contribution in [1.82, 2.24) is 9.88 Å². The molecule has 0 atom stereocenters. The van der Waals surface area contributed by atoms with E-state index in [-0.39, 0.29) is 6.42 Å². The summed E-state index contributed by atoms with van der Waals surface area (Å²) in [7, 11) is 0. The SMILES string of the molecule is CCN1CCN(c2nc(CCC(=O)O)cs2)CC1. The Kier molecular flexibility index (Phi) is 4.54. The van der Waals surface area contributed by atoms with Crippen LogP contribution in [0.25, 0.3) is 0 Å². The van der Waals surface area contributed by atoms with E-state index in [2.05, 4.69) is 21.7 Å². The van der Waals surface area contributed by atoms with Crippen LogP contribution in [-0.4, -0.2) is 53.7 Å². The first kappa shape index (κ1) is 13.3. The van der Waals surface area contributed by atoms with E-state index in [1.165, 1.54) is 0 Å². The van der Waals surface area contributed by atoms with Crippen LogP contribution in [0.15, 0.2) is 5.38 Å². The highest BCUT2D eigenvalue weighted by Gasteiger charge is 2.18. The largest absolute Gasteiger partial charge is 0.481 e. The number of thiazole rings is 1. The predicted octanol–water partition coefficient (Wildman–Crippen LogP) is 1.30. The third-order valence-electron chi connectivity index (χ3n) is 3.22. The van der Waals surface area contributed by atoms with Crippen LogP contribution >= 0.6 is 11.3 Å². The quantitative estimate of drug-likeness (QED) is 0.873. The molecule has 100 valence electrons. The standard InChI is InChI=1S/C12H19N3O2S/c1-2-14-5-7-15(8-6-14)12-13-10(9-18-12)3-4-11(16)17/h9H,2-8H2,1H3,(H,16,17). The first-order chi connectivity index (χ1) is 8.69. The molecule has 0 radical (unpaired) electrons. The topological polar surface area (TPSA) is 56.7 Å². The van der Waals surface area contributed by atoms with Crippen molar-refractivity contribution in [1.29, 1.82) is 0 Å². The molecule has 2 heterocycles. The Bertz CT molecular complexity index is 400. The number of anilines is 1. The number of aromatic nitrogens is 1. The Hall–Kier alpha value is -1.14. The van der Waals surface area contributed by atoms with E-state index >= 15 is 0 Å². The van der Waals surface area contributed by atoms with Gasteiger partial charge in [-0.25, -0.2) is 4.98 Å². The Morgan fingerprint density at radius 1 is 1.44 bits per heavy atom. The number of carbonyl (C=O) groups is 1. The summed E-state index contributed by atoms with van der Waals surface area (Å²) < 4.78 is 0. The van der Waals surface area contributed by atoms with E-state index in [1.807, 2.05) is 5.38 Å². The highest BCUT2D eigenvalue weighted by atomic mass is 32.1. The number of carboxylic acid groups (broad SMARTS) is 1. The lowest BCUT2D eigenvalue weighted by molar-refractivity contribution is -0.136. The van der Waals surface area contributed by atoms with Crippen LogP contribution in [0.5, 0.6) is 0 Å². The summed E-state index contributed by atoms with van der Waals surface area (Å²) in [5, 5.41) is 11.7. The van der Waals surface area contributed by atoms with Crippen molar-refractivity contribution >= 4 is 22.4 Å². The molecular weight excluding hydrogens is 250 g/mol. The second kappa shape index (κ2) is 6.15. The summed E-state index contributed by atoms with van der Waals surface area (Å²) in [4.78, 5) is 19.7. The van der Waals surface area contributed by atoms with Gasteiger partial charge in [-0.15, -0.1) is 11.3 Å². The normalized spacial score (nSPS) is 17.1. The van der Waals surface area contributed by atoms with Crippen LogP contribution in [-0.2, 0) is 11.2 Å². The van der Waals surface area contributed by atoms with Gasteiger partial charge < -0.3 is 14.9 Å². The Morgan fingerprint density at radius 2 is 2.17 bits per heavy atom. The molecule has 0 spiro atoms. The molecule has 0 amide bonds. The number of rotatable bonds is 5. The molecular formula is C12H19N3O2S. The second-order valence-corrected chi connectivity index (χ2v) is 5.27. The number of likely N-dealkylation sites (N-methyl/N-ethyl adjacent to an activating group) is 1. The van der Waals surface area contributed by atoms with Crippen LogP contribution in [0, 0.1) is 0 Å². The minimum absolute atomic E-state index is 0.160. The van der Waals surface area contributed by atoms with Crippen molar-refractivity contribution in [3.8, 4) is 0 Å². The maximum Gasteiger partial charge on any atom is 0.303 e. The summed E-state index contributed by atoms with van der Waals surface area (Å²) in [5.74, 6) is -0.763. The van der Waals surface area contributed by atoms with Gasteiger partial charge in [0.2, 0.25) is 0 Å². The van der Waals surface area contributed by atoms with Crippen LogP contribution < -0.4 is 4.90 Å². The van der Waals surface area contributed by atoms with Gasteiger partial charge in [-0.05, 0) is 6.54 Å². The molecule has 1 N–H and O–H groups in total. The van der Waals surface area contributed by atoms with Gasteiger partial charge in [0.1, 0.15) is 0 Å². The molecule has 1 aliphatic rings. The molecule has 0 aromatic carbocycles. The van der Waals surface area contributed by atoms with Gasteiger partial charge in [-0.3, -0.25) is 4.79 Å². The number of aryl methyl sites for hydroxylation is 1. The van der Waals surface area contributed by atoms with Gasteiger partial charge in [0.05, 0.1) is 12.1 Å². The molecule has 1 fully saturated rings. The zero-order valence-electron chi connectivity index (χ0n) is 10.6. The molecule has 0 saturated carbocycles. The van der Waals surface area contributed by atoms with E-state index in [4.69, 9.17) is 5.11 Å². The van der Waals surface area contributed by atoms with Gasteiger partial charge in [-0.1, -0.05) is 6.92 Å². The number of hydrogen-bond donors (Lipinski definition) is 1.